The summed E-state index contributed by atoms with van der Waals surface area (Å²) in [4.78, 5) is 38.8. The molecule has 0 bridgehead atoms. The predicted molar refractivity (Wildman–Crippen MR) is 119 cm³/mol. The molecule has 9 nitrogen and oxygen atoms in total. The number of nitrogens with one attached hydrogen (secondary N) is 2. The van der Waals surface area contributed by atoms with Crippen LogP contribution in [0.3, 0.4) is 0 Å². The Kier molecular flexibility index (Phi) is 5.77. The zero-order valence-electron chi connectivity index (χ0n) is 17.4. The Balaban J connectivity index is 1.89. The van der Waals surface area contributed by atoms with Gasteiger partial charge in [0.05, 0.1) is 21.9 Å². The number of thiophene rings is 1. The highest BCUT2D eigenvalue weighted by molar-refractivity contribution is 7.17. The van der Waals surface area contributed by atoms with E-state index in [-0.39, 0.29) is 22.2 Å². The van der Waals surface area contributed by atoms with Crippen LogP contribution in [0, 0.1) is 17.6 Å². The van der Waals surface area contributed by atoms with Crippen molar-refractivity contribution >= 4 is 40.1 Å². The van der Waals surface area contributed by atoms with Crippen LogP contribution in [0.1, 0.15) is 23.5 Å². The molecular formula is C21H18F2N6O3S. The maximum atomic E-state index is 15.5. The van der Waals surface area contributed by atoms with Gasteiger partial charge in [0.25, 0.3) is 5.91 Å². The summed E-state index contributed by atoms with van der Waals surface area (Å²) in [6.45, 7) is 3.06. The number of carbonyl (C=O) groups is 2. The quantitative estimate of drug-likeness (QED) is 0.321. The van der Waals surface area contributed by atoms with Crippen LogP contribution in [0.4, 0.5) is 14.6 Å². The van der Waals surface area contributed by atoms with Gasteiger partial charge in [0.2, 0.25) is 0 Å². The molecule has 4 rings (SSSR count). The fourth-order valence-electron chi connectivity index (χ4n) is 3.14. The first-order valence-corrected chi connectivity index (χ1v) is 10.6. The molecule has 0 spiro atoms. The van der Waals surface area contributed by atoms with Crippen molar-refractivity contribution in [3.8, 4) is 22.0 Å². The topological polar surface area (TPSA) is 147 Å². The van der Waals surface area contributed by atoms with Gasteiger partial charge >= 0.3 is 5.97 Å². The molecular weight excluding hydrogens is 454 g/mol. The normalized spacial score (nSPS) is 13.1. The minimum Gasteiger partial charge on any atom is -0.481 e. The number of rotatable bonds is 7. The first-order chi connectivity index (χ1) is 15.7. The average molecular weight is 472 g/mol. The summed E-state index contributed by atoms with van der Waals surface area (Å²) in [5, 5.41) is 12.5. The van der Waals surface area contributed by atoms with Gasteiger partial charge < -0.3 is 21.1 Å². The molecule has 0 aliphatic carbocycles. The molecule has 4 aromatic heterocycles. The number of carbonyl (C=O) groups excluding carboxylic acids is 1. The molecule has 0 aromatic carbocycles. The van der Waals surface area contributed by atoms with Gasteiger partial charge in [-0.2, -0.15) is 0 Å². The van der Waals surface area contributed by atoms with Crippen LogP contribution >= 0.6 is 11.3 Å². The van der Waals surface area contributed by atoms with Crippen molar-refractivity contribution < 1.29 is 23.5 Å². The Morgan fingerprint density at radius 3 is 2.67 bits per heavy atom. The third-order valence-electron chi connectivity index (χ3n) is 5.18. The summed E-state index contributed by atoms with van der Waals surface area (Å²) in [5.74, 6) is -4.16. The van der Waals surface area contributed by atoms with Crippen molar-refractivity contribution in [2.45, 2.75) is 19.9 Å². The van der Waals surface area contributed by atoms with E-state index in [1.807, 2.05) is 0 Å². The molecule has 5 N–H and O–H groups in total. The van der Waals surface area contributed by atoms with Crippen LogP contribution in [0.5, 0.6) is 0 Å². The molecule has 0 fully saturated rings. The number of H-pyrrole nitrogens is 1. The summed E-state index contributed by atoms with van der Waals surface area (Å²) < 4.78 is 29.3. The molecule has 0 aliphatic rings. The number of amides is 1. The fourth-order valence-corrected chi connectivity index (χ4v) is 3.98. The number of fused-ring (bicyclic) bond motifs is 1. The molecule has 33 heavy (non-hydrogen) atoms. The number of hydrogen-bond donors (Lipinski definition) is 4. The number of carboxylic acids is 1. The smallest absolute Gasteiger partial charge is 0.308 e. The van der Waals surface area contributed by atoms with Gasteiger partial charge in [0.15, 0.2) is 17.5 Å². The SMILES string of the molecule is CC(Nc1nc(-c2c[nH]c3ncc(F)cc23)nc(-c2ccc(C(N)=O)s2)c1F)C(C)C(=O)O. The largest absolute Gasteiger partial charge is 0.481 e. The van der Waals surface area contributed by atoms with Gasteiger partial charge in [0, 0.05) is 23.2 Å². The third-order valence-corrected chi connectivity index (χ3v) is 6.28. The van der Waals surface area contributed by atoms with Crippen molar-refractivity contribution in [2.75, 3.05) is 5.32 Å². The van der Waals surface area contributed by atoms with E-state index in [0.717, 1.165) is 17.5 Å². The van der Waals surface area contributed by atoms with Gasteiger partial charge in [-0.05, 0) is 32.0 Å². The number of nitrogens with zero attached hydrogens (tertiary/aromatic N) is 3. The van der Waals surface area contributed by atoms with E-state index in [2.05, 4.69) is 25.3 Å². The zero-order chi connectivity index (χ0) is 23.9. The zero-order valence-corrected chi connectivity index (χ0v) is 18.2. The van der Waals surface area contributed by atoms with Crippen LogP contribution < -0.4 is 11.1 Å². The molecule has 0 saturated carbocycles. The maximum Gasteiger partial charge on any atom is 0.308 e. The molecule has 170 valence electrons. The Bertz CT molecular complexity index is 1390. The van der Waals surface area contributed by atoms with Crippen LogP contribution in [-0.2, 0) is 4.79 Å². The van der Waals surface area contributed by atoms with E-state index in [4.69, 9.17) is 5.73 Å². The van der Waals surface area contributed by atoms with E-state index in [1.165, 1.54) is 31.3 Å². The van der Waals surface area contributed by atoms with Gasteiger partial charge in [-0.1, -0.05) is 0 Å². The number of pyridine rings is 1. The lowest BCUT2D eigenvalue weighted by molar-refractivity contribution is -0.141. The Hall–Kier alpha value is -3.93. The molecule has 4 aromatic rings. The average Bonchev–Trinajstić information content (AvgIpc) is 3.42. The molecule has 2 atom stereocenters. The van der Waals surface area contributed by atoms with E-state index in [0.29, 0.717) is 21.5 Å². The second kappa shape index (κ2) is 8.54. The highest BCUT2D eigenvalue weighted by Gasteiger charge is 2.25. The number of carboxylic acid groups (broad SMARTS) is 1. The number of aliphatic carboxylic acids is 1. The number of anilines is 1. The Labute approximate surface area is 189 Å². The highest BCUT2D eigenvalue weighted by Crippen LogP contribution is 2.35. The number of aromatic nitrogens is 4. The molecule has 12 heteroatoms. The standard InChI is InChI=1S/C21H18F2N6O3S/c1-8(21(31)32)9(2)27-20-15(23)16(13-3-4-14(33-13)17(24)30)28-19(29-20)12-7-26-18-11(12)5-10(22)6-25-18/h3-9H,1-2H3,(H2,24,30)(H,25,26)(H,31,32)(H,27,28,29). The minimum absolute atomic E-state index is 0.0525. The van der Waals surface area contributed by atoms with E-state index >= 15 is 4.39 Å². The molecule has 0 saturated heterocycles. The summed E-state index contributed by atoms with van der Waals surface area (Å²) >= 11 is 0.952. The lowest BCUT2D eigenvalue weighted by atomic mass is 10.0. The van der Waals surface area contributed by atoms with Crippen molar-refractivity contribution in [3.05, 3.63) is 47.1 Å². The molecule has 0 aliphatic heterocycles. The Morgan fingerprint density at radius 1 is 1.24 bits per heavy atom. The summed E-state index contributed by atoms with van der Waals surface area (Å²) in [5.41, 5.74) is 5.95. The van der Waals surface area contributed by atoms with Crippen LogP contribution in [0.25, 0.3) is 33.0 Å². The Morgan fingerprint density at radius 2 is 2.00 bits per heavy atom. The second-order valence-electron chi connectivity index (χ2n) is 7.40. The fraction of sp³-hybridized carbons (Fsp3) is 0.190. The van der Waals surface area contributed by atoms with Crippen LogP contribution in [0.15, 0.2) is 30.6 Å². The lowest BCUT2D eigenvalue weighted by Gasteiger charge is -2.19. The number of nitrogens with two attached hydrogens (primary N) is 1. The van der Waals surface area contributed by atoms with E-state index < -0.39 is 35.5 Å². The van der Waals surface area contributed by atoms with Gasteiger partial charge in [-0.3, -0.25) is 9.59 Å². The van der Waals surface area contributed by atoms with Gasteiger partial charge in [-0.25, -0.2) is 23.7 Å². The van der Waals surface area contributed by atoms with Crippen molar-refractivity contribution in [1.29, 1.82) is 0 Å². The van der Waals surface area contributed by atoms with Gasteiger partial charge in [-0.15, -0.1) is 11.3 Å². The summed E-state index contributed by atoms with van der Waals surface area (Å²) in [7, 11) is 0. The number of aromatic amines is 1. The first kappa shape index (κ1) is 22.3. The van der Waals surface area contributed by atoms with Crippen LogP contribution in [0.2, 0.25) is 0 Å². The maximum absolute atomic E-state index is 15.5. The van der Waals surface area contributed by atoms with E-state index in [1.54, 1.807) is 6.92 Å². The molecule has 4 heterocycles. The number of primary amides is 1. The predicted octanol–water partition coefficient (Wildman–Crippen LogP) is 3.65. The monoisotopic (exact) mass is 472 g/mol. The number of halogens is 2. The van der Waals surface area contributed by atoms with Crippen molar-refractivity contribution in [2.24, 2.45) is 11.7 Å². The third kappa shape index (κ3) is 4.24. The minimum atomic E-state index is -1.06. The summed E-state index contributed by atoms with van der Waals surface area (Å²) in [6.07, 6.45) is 2.57. The molecule has 1 amide bonds. The number of hydrogen-bond acceptors (Lipinski definition) is 7. The second-order valence-corrected chi connectivity index (χ2v) is 8.48. The van der Waals surface area contributed by atoms with Crippen molar-refractivity contribution in [3.63, 3.8) is 0 Å². The highest BCUT2D eigenvalue weighted by atomic mass is 32.1. The summed E-state index contributed by atoms with van der Waals surface area (Å²) in [6, 6.07) is 3.53. The van der Waals surface area contributed by atoms with E-state index in [9.17, 15) is 19.1 Å². The molecule has 2 unspecified atom stereocenters. The lowest BCUT2D eigenvalue weighted by Crippen LogP contribution is -2.30. The molecule has 0 radical (unpaired) electrons. The van der Waals surface area contributed by atoms with Gasteiger partial charge in [0.1, 0.15) is 17.2 Å². The first-order valence-electron chi connectivity index (χ1n) is 9.75. The van der Waals surface area contributed by atoms with Crippen molar-refractivity contribution in [1.82, 2.24) is 19.9 Å². The van der Waals surface area contributed by atoms with Crippen LogP contribution in [-0.4, -0.2) is 43.0 Å².